The standard InChI is InChI=1S/C20H27N3O3/c1-13(25)23-8-6-20(7-9-23)12-21-16(11-24)19-18(20)15-5-4-14(26-3)10-17(15)22(19)2/h4-5,10,16,21,24H,6-9,11-12H2,1-3H3/t16-/m1/s1. The number of piperidine rings is 1. The first kappa shape index (κ1) is 17.4. The zero-order chi connectivity index (χ0) is 18.5. The lowest BCUT2D eigenvalue weighted by Gasteiger charge is -2.46. The van der Waals surface area contributed by atoms with Crippen LogP contribution < -0.4 is 10.1 Å². The maximum absolute atomic E-state index is 11.8. The molecule has 2 aliphatic rings. The van der Waals surface area contributed by atoms with Gasteiger partial charge in [-0.1, -0.05) is 0 Å². The van der Waals surface area contributed by atoms with E-state index in [0.29, 0.717) is 0 Å². The number of carbonyl (C=O) groups is 1. The van der Waals surface area contributed by atoms with Gasteiger partial charge in [-0.15, -0.1) is 0 Å². The Kier molecular flexibility index (Phi) is 4.20. The number of aliphatic hydroxyl groups is 1. The molecule has 2 aromatic rings. The molecule has 1 saturated heterocycles. The van der Waals surface area contributed by atoms with Crippen LogP contribution in [0.4, 0.5) is 0 Å². The lowest BCUT2D eigenvalue weighted by molar-refractivity contribution is -0.130. The first-order chi connectivity index (χ1) is 12.5. The van der Waals surface area contributed by atoms with Crippen LogP contribution in [0, 0.1) is 0 Å². The summed E-state index contributed by atoms with van der Waals surface area (Å²) in [5.41, 5.74) is 3.64. The molecule has 1 spiro atoms. The highest BCUT2D eigenvalue weighted by Gasteiger charge is 2.45. The number of aryl methyl sites for hydroxylation is 1. The van der Waals surface area contributed by atoms with Crippen molar-refractivity contribution < 1.29 is 14.6 Å². The van der Waals surface area contributed by atoms with Crippen molar-refractivity contribution in [3.8, 4) is 5.75 Å². The minimum atomic E-state index is -0.0649. The molecule has 3 heterocycles. The van der Waals surface area contributed by atoms with Crippen LogP contribution in [0.3, 0.4) is 0 Å². The summed E-state index contributed by atoms with van der Waals surface area (Å²) in [4.78, 5) is 13.7. The van der Waals surface area contributed by atoms with Crippen molar-refractivity contribution in [3.63, 3.8) is 0 Å². The average Bonchev–Trinajstić information content (AvgIpc) is 2.96. The Balaban J connectivity index is 1.87. The Bertz CT molecular complexity index is 850. The molecule has 0 saturated carbocycles. The van der Waals surface area contributed by atoms with Crippen molar-refractivity contribution in [1.82, 2.24) is 14.8 Å². The molecule has 140 valence electrons. The molecule has 26 heavy (non-hydrogen) atoms. The van der Waals surface area contributed by atoms with Crippen LogP contribution in [-0.4, -0.2) is 53.8 Å². The van der Waals surface area contributed by atoms with Crippen molar-refractivity contribution in [2.45, 2.75) is 31.2 Å². The van der Waals surface area contributed by atoms with E-state index in [2.05, 4.69) is 29.1 Å². The second kappa shape index (κ2) is 6.28. The number of aromatic nitrogens is 1. The molecular formula is C20H27N3O3. The number of benzene rings is 1. The van der Waals surface area contributed by atoms with E-state index in [4.69, 9.17) is 4.74 Å². The fourth-order valence-corrected chi connectivity index (χ4v) is 4.86. The van der Waals surface area contributed by atoms with Gasteiger partial charge in [-0.25, -0.2) is 0 Å². The maximum atomic E-state index is 11.8. The highest BCUT2D eigenvalue weighted by atomic mass is 16.5. The molecule has 0 unspecified atom stereocenters. The largest absolute Gasteiger partial charge is 0.497 e. The molecule has 4 rings (SSSR count). The third-order valence-electron chi connectivity index (χ3n) is 6.35. The molecule has 0 aliphatic carbocycles. The third kappa shape index (κ3) is 2.43. The Labute approximate surface area is 153 Å². The summed E-state index contributed by atoms with van der Waals surface area (Å²) in [5, 5.41) is 14.7. The molecule has 1 aromatic carbocycles. The van der Waals surface area contributed by atoms with Gasteiger partial charge in [-0.2, -0.15) is 0 Å². The molecule has 6 nitrogen and oxygen atoms in total. The lowest BCUT2D eigenvalue weighted by atomic mass is 9.69. The number of amides is 1. The van der Waals surface area contributed by atoms with Crippen LogP contribution in [0.25, 0.3) is 10.9 Å². The molecule has 1 aromatic heterocycles. The van der Waals surface area contributed by atoms with Gasteiger partial charge < -0.3 is 24.6 Å². The van der Waals surface area contributed by atoms with E-state index >= 15 is 0 Å². The number of nitrogens with zero attached hydrogens (tertiary/aromatic N) is 2. The van der Waals surface area contributed by atoms with Gasteiger partial charge in [0.1, 0.15) is 5.75 Å². The Morgan fingerprint density at radius 1 is 1.38 bits per heavy atom. The average molecular weight is 357 g/mol. The number of ether oxygens (including phenoxy) is 1. The van der Waals surface area contributed by atoms with E-state index in [1.54, 1.807) is 14.0 Å². The molecular weight excluding hydrogens is 330 g/mol. The van der Waals surface area contributed by atoms with Gasteiger partial charge in [0.25, 0.3) is 0 Å². The molecule has 0 radical (unpaired) electrons. The summed E-state index contributed by atoms with van der Waals surface area (Å²) in [7, 11) is 3.75. The number of hydrogen-bond acceptors (Lipinski definition) is 4. The third-order valence-corrected chi connectivity index (χ3v) is 6.35. The molecule has 0 bridgehead atoms. The predicted octanol–water partition coefficient (Wildman–Crippen LogP) is 1.70. The Hall–Kier alpha value is -2.05. The number of methoxy groups -OCH3 is 1. The van der Waals surface area contributed by atoms with Gasteiger partial charge in [0, 0.05) is 56.2 Å². The minimum Gasteiger partial charge on any atom is -0.497 e. The maximum Gasteiger partial charge on any atom is 0.219 e. The van der Waals surface area contributed by atoms with Crippen molar-refractivity contribution in [1.29, 1.82) is 0 Å². The lowest BCUT2D eigenvalue weighted by Crippen LogP contribution is -2.53. The number of rotatable bonds is 2. The van der Waals surface area contributed by atoms with E-state index in [-0.39, 0.29) is 24.0 Å². The summed E-state index contributed by atoms with van der Waals surface area (Å²) in [6, 6.07) is 6.16. The fourth-order valence-electron chi connectivity index (χ4n) is 4.86. The quantitative estimate of drug-likeness (QED) is 0.859. The summed E-state index contributed by atoms with van der Waals surface area (Å²) >= 11 is 0. The van der Waals surface area contributed by atoms with E-state index in [1.165, 1.54) is 16.6 Å². The number of fused-ring (bicyclic) bond motifs is 4. The van der Waals surface area contributed by atoms with Gasteiger partial charge in [0.05, 0.1) is 25.3 Å². The normalized spacial score (nSPS) is 21.8. The number of aliphatic hydroxyl groups excluding tert-OH is 1. The summed E-state index contributed by atoms with van der Waals surface area (Å²) in [5.74, 6) is 0.990. The van der Waals surface area contributed by atoms with E-state index in [9.17, 15) is 9.90 Å². The monoisotopic (exact) mass is 357 g/mol. The number of hydrogen-bond donors (Lipinski definition) is 2. The van der Waals surface area contributed by atoms with E-state index in [0.717, 1.165) is 43.7 Å². The summed E-state index contributed by atoms with van der Waals surface area (Å²) < 4.78 is 7.61. The van der Waals surface area contributed by atoms with Gasteiger partial charge in [-0.05, 0) is 30.5 Å². The van der Waals surface area contributed by atoms with E-state index in [1.807, 2.05) is 11.0 Å². The van der Waals surface area contributed by atoms with Gasteiger partial charge in [0.2, 0.25) is 5.91 Å². The predicted molar refractivity (Wildman–Crippen MR) is 100 cm³/mol. The van der Waals surface area contributed by atoms with Crippen molar-refractivity contribution in [3.05, 3.63) is 29.5 Å². The SMILES string of the molecule is COc1ccc2c3c(n(C)c2c1)[C@@H](CO)NCC31CCN(C(C)=O)CC1. The second-order valence-electron chi connectivity index (χ2n) is 7.60. The molecule has 2 aliphatic heterocycles. The first-order valence-corrected chi connectivity index (χ1v) is 9.27. The summed E-state index contributed by atoms with van der Waals surface area (Å²) in [6.07, 6.45) is 1.88. The van der Waals surface area contributed by atoms with Gasteiger partial charge in [0.15, 0.2) is 0 Å². The summed E-state index contributed by atoms with van der Waals surface area (Å²) in [6.45, 7) is 4.13. The minimum absolute atomic E-state index is 0.00104. The number of likely N-dealkylation sites (tertiary alicyclic amines) is 1. The van der Waals surface area contributed by atoms with Crippen LogP contribution in [-0.2, 0) is 17.3 Å². The Morgan fingerprint density at radius 3 is 2.73 bits per heavy atom. The molecule has 1 fully saturated rings. The number of carbonyl (C=O) groups excluding carboxylic acids is 1. The smallest absolute Gasteiger partial charge is 0.219 e. The van der Waals surface area contributed by atoms with Gasteiger partial charge in [-0.3, -0.25) is 4.79 Å². The highest BCUT2D eigenvalue weighted by molar-refractivity contribution is 5.88. The van der Waals surface area contributed by atoms with E-state index < -0.39 is 0 Å². The second-order valence-corrected chi connectivity index (χ2v) is 7.60. The highest BCUT2D eigenvalue weighted by Crippen LogP contribution is 2.47. The van der Waals surface area contributed by atoms with Gasteiger partial charge >= 0.3 is 0 Å². The van der Waals surface area contributed by atoms with Crippen molar-refractivity contribution >= 4 is 16.8 Å². The number of nitrogens with one attached hydrogen (secondary N) is 1. The Morgan fingerprint density at radius 2 is 2.12 bits per heavy atom. The van der Waals surface area contributed by atoms with Crippen LogP contribution >= 0.6 is 0 Å². The molecule has 2 N–H and O–H groups in total. The molecule has 6 heteroatoms. The zero-order valence-corrected chi connectivity index (χ0v) is 15.7. The first-order valence-electron chi connectivity index (χ1n) is 9.27. The zero-order valence-electron chi connectivity index (χ0n) is 15.7. The van der Waals surface area contributed by atoms with Crippen LogP contribution in [0.15, 0.2) is 18.2 Å². The van der Waals surface area contributed by atoms with Crippen LogP contribution in [0.2, 0.25) is 0 Å². The molecule has 1 amide bonds. The van der Waals surface area contributed by atoms with Crippen molar-refractivity contribution in [2.24, 2.45) is 7.05 Å². The van der Waals surface area contributed by atoms with Crippen LogP contribution in [0.1, 0.15) is 37.1 Å². The molecule has 1 atom stereocenters. The van der Waals surface area contributed by atoms with Crippen molar-refractivity contribution in [2.75, 3.05) is 33.4 Å². The fraction of sp³-hybridized carbons (Fsp3) is 0.550. The van der Waals surface area contributed by atoms with Crippen LogP contribution in [0.5, 0.6) is 5.75 Å². The topological polar surface area (TPSA) is 66.7 Å².